The minimum atomic E-state index is -0.382. The van der Waals surface area contributed by atoms with E-state index in [0.29, 0.717) is 50.7 Å². The third-order valence-electron chi connectivity index (χ3n) is 8.29. The van der Waals surface area contributed by atoms with Gasteiger partial charge in [-0.3, -0.25) is 14.4 Å². The average molecular weight is 552 g/mol. The number of nitrogens with two attached hydrogens (primary N) is 1. The topological polar surface area (TPSA) is 120 Å². The molecule has 0 unspecified atom stereocenters. The Bertz CT molecular complexity index is 688. The molecule has 0 heterocycles. The lowest BCUT2D eigenvalue weighted by atomic mass is 9.52. The van der Waals surface area contributed by atoms with Crippen molar-refractivity contribution in [1.29, 1.82) is 0 Å². The van der Waals surface area contributed by atoms with E-state index in [1.165, 1.54) is 70.6 Å². The highest BCUT2D eigenvalue weighted by Gasteiger charge is 2.53. The predicted octanol–water partition coefficient (Wildman–Crippen LogP) is 5.31. The number of ether oxygens (including phenoxy) is 2. The van der Waals surface area contributed by atoms with Crippen LogP contribution in [0.5, 0.6) is 0 Å². The van der Waals surface area contributed by atoms with Crippen molar-refractivity contribution in [3.63, 3.8) is 0 Å². The molecule has 39 heavy (non-hydrogen) atoms. The van der Waals surface area contributed by atoms with Gasteiger partial charge in [0, 0.05) is 31.3 Å². The first-order valence-electron chi connectivity index (χ1n) is 15.9. The molecule has 2 aliphatic rings. The van der Waals surface area contributed by atoms with Crippen LogP contribution in [0.3, 0.4) is 0 Å². The third-order valence-corrected chi connectivity index (χ3v) is 8.29. The molecule has 1 spiro atoms. The zero-order chi connectivity index (χ0) is 28.2. The SMILES string of the molecule is CCCCCCCCCCCCCCCC(=O)NC1CC2(C1)CC(NC(=O)CCOCCOCCC(N)=O)C2. The number of nitrogens with one attached hydrogen (secondary N) is 2. The van der Waals surface area contributed by atoms with E-state index < -0.39 is 0 Å². The Morgan fingerprint density at radius 3 is 1.49 bits per heavy atom. The smallest absolute Gasteiger partial charge is 0.222 e. The number of primary amides is 1. The van der Waals surface area contributed by atoms with Gasteiger partial charge >= 0.3 is 0 Å². The van der Waals surface area contributed by atoms with Crippen molar-refractivity contribution in [2.75, 3.05) is 26.4 Å². The van der Waals surface area contributed by atoms with Gasteiger partial charge in [-0.1, -0.05) is 84.0 Å². The number of carbonyl (C=O) groups is 3. The second-order valence-electron chi connectivity index (χ2n) is 12.0. The Labute approximate surface area is 237 Å². The van der Waals surface area contributed by atoms with E-state index >= 15 is 0 Å². The molecule has 3 amide bonds. The van der Waals surface area contributed by atoms with E-state index in [-0.39, 0.29) is 30.2 Å². The number of rotatable bonds is 25. The monoisotopic (exact) mass is 551 g/mol. The van der Waals surface area contributed by atoms with Gasteiger partial charge in [0.15, 0.2) is 0 Å². The van der Waals surface area contributed by atoms with Crippen molar-refractivity contribution in [3.05, 3.63) is 0 Å². The highest BCUT2D eigenvalue weighted by Crippen LogP contribution is 2.55. The summed E-state index contributed by atoms with van der Waals surface area (Å²) in [6.07, 6.45) is 22.5. The van der Waals surface area contributed by atoms with Crippen molar-refractivity contribution >= 4 is 17.7 Å². The maximum absolute atomic E-state index is 12.3. The van der Waals surface area contributed by atoms with Gasteiger partial charge in [0.2, 0.25) is 17.7 Å². The molecule has 0 aromatic heterocycles. The molecule has 0 saturated heterocycles. The van der Waals surface area contributed by atoms with Gasteiger partial charge < -0.3 is 25.8 Å². The predicted molar refractivity (Wildman–Crippen MR) is 155 cm³/mol. The number of hydrogen-bond donors (Lipinski definition) is 3. The van der Waals surface area contributed by atoms with Crippen LogP contribution in [0.15, 0.2) is 0 Å². The van der Waals surface area contributed by atoms with Crippen molar-refractivity contribution in [1.82, 2.24) is 10.6 Å². The van der Waals surface area contributed by atoms with E-state index in [4.69, 9.17) is 15.2 Å². The van der Waals surface area contributed by atoms with Crippen LogP contribution in [-0.4, -0.2) is 56.2 Å². The molecule has 2 rings (SSSR count). The standard InChI is InChI=1S/C31H57N3O5/c1-2-3-4-5-6-7-8-9-10-11-12-13-14-15-29(36)33-26-22-31(23-26)24-27(25-31)34-30(37)17-19-39-21-20-38-18-16-28(32)35/h26-27H,2-25H2,1H3,(H2,32,35)(H,33,36)(H,34,37). The first-order valence-corrected chi connectivity index (χ1v) is 15.9. The molecule has 226 valence electrons. The Balaban J connectivity index is 1.34. The van der Waals surface area contributed by atoms with Gasteiger partial charge in [-0.2, -0.15) is 0 Å². The van der Waals surface area contributed by atoms with E-state index in [0.717, 1.165) is 38.5 Å². The first kappa shape index (κ1) is 33.5. The Morgan fingerprint density at radius 2 is 1.03 bits per heavy atom. The van der Waals surface area contributed by atoms with Crippen LogP contribution >= 0.6 is 0 Å². The summed E-state index contributed by atoms with van der Waals surface area (Å²) in [4.78, 5) is 35.0. The summed E-state index contributed by atoms with van der Waals surface area (Å²) in [6.45, 7) is 3.70. The molecular weight excluding hydrogens is 494 g/mol. The molecule has 8 nitrogen and oxygen atoms in total. The molecule has 0 atom stereocenters. The largest absolute Gasteiger partial charge is 0.379 e. The van der Waals surface area contributed by atoms with Crippen LogP contribution in [0.4, 0.5) is 0 Å². The Kier molecular flexibility index (Phi) is 17.4. The number of hydrogen-bond acceptors (Lipinski definition) is 5. The van der Waals surface area contributed by atoms with Gasteiger partial charge in [-0.05, 0) is 37.5 Å². The maximum atomic E-state index is 12.3. The fourth-order valence-corrected chi connectivity index (χ4v) is 6.07. The van der Waals surface area contributed by atoms with E-state index in [2.05, 4.69) is 17.6 Å². The van der Waals surface area contributed by atoms with Gasteiger partial charge in [-0.25, -0.2) is 0 Å². The number of unbranched alkanes of at least 4 members (excludes halogenated alkanes) is 12. The van der Waals surface area contributed by atoms with Crippen LogP contribution in [-0.2, 0) is 23.9 Å². The van der Waals surface area contributed by atoms with Crippen molar-refractivity contribution in [2.45, 2.75) is 147 Å². The van der Waals surface area contributed by atoms with E-state index in [1.807, 2.05) is 0 Å². The summed E-state index contributed by atoms with van der Waals surface area (Å²) >= 11 is 0. The van der Waals surface area contributed by atoms with Gasteiger partial charge in [-0.15, -0.1) is 0 Å². The molecule has 0 aromatic carbocycles. The second kappa shape index (κ2) is 20.2. The summed E-state index contributed by atoms with van der Waals surface area (Å²) in [5.74, 6) is -0.153. The summed E-state index contributed by atoms with van der Waals surface area (Å²) in [6, 6.07) is 0.562. The van der Waals surface area contributed by atoms with Crippen molar-refractivity contribution in [2.24, 2.45) is 11.1 Å². The van der Waals surface area contributed by atoms with Gasteiger partial charge in [0.25, 0.3) is 0 Å². The lowest BCUT2D eigenvalue weighted by Gasteiger charge is -2.57. The average Bonchev–Trinajstić information content (AvgIpc) is 2.85. The summed E-state index contributed by atoms with van der Waals surface area (Å²) in [5, 5.41) is 6.32. The maximum Gasteiger partial charge on any atom is 0.222 e. The summed E-state index contributed by atoms with van der Waals surface area (Å²) in [7, 11) is 0. The highest BCUT2D eigenvalue weighted by atomic mass is 16.5. The van der Waals surface area contributed by atoms with E-state index in [9.17, 15) is 14.4 Å². The van der Waals surface area contributed by atoms with Gasteiger partial charge in [0.1, 0.15) is 0 Å². The van der Waals surface area contributed by atoms with Crippen LogP contribution in [0.1, 0.15) is 135 Å². The molecule has 2 aliphatic carbocycles. The molecule has 0 radical (unpaired) electrons. The van der Waals surface area contributed by atoms with Crippen molar-refractivity contribution in [3.8, 4) is 0 Å². The molecular formula is C31H57N3O5. The summed E-state index contributed by atoms with van der Waals surface area (Å²) < 4.78 is 10.6. The number of carbonyl (C=O) groups excluding carboxylic acids is 3. The van der Waals surface area contributed by atoms with Gasteiger partial charge in [0.05, 0.1) is 26.4 Å². The zero-order valence-electron chi connectivity index (χ0n) is 24.7. The van der Waals surface area contributed by atoms with Crippen LogP contribution < -0.4 is 16.4 Å². The minimum absolute atomic E-state index is 0.0199. The normalized spacial score (nSPS) is 21.8. The fourth-order valence-electron chi connectivity index (χ4n) is 6.07. The lowest BCUT2D eigenvalue weighted by Crippen LogP contribution is -2.61. The molecule has 2 saturated carbocycles. The lowest BCUT2D eigenvalue weighted by molar-refractivity contribution is -0.128. The van der Waals surface area contributed by atoms with Crippen LogP contribution in [0, 0.1) is 5.41 Å². The molecule has 8 heteroatoms. The quantitative estimate of drug-likeness (QED) is 0.133. The Hall–Kier alpha value is -1.67. The molecule has 0 bridgehead atoms. The second-order valence-corrected chi connectivity index (χ2v) is 12.0. The van der Waals surface area contributed by atoms with E-state index in [1.54, 1.807) is 0 Å². The first-order chi connectivity index (χ1) is 18.9. The molecule has 0 aromatic rings. The highest BCUT2D eigenvalue weighted by molar-refractivity contribution is 5.77. The number of amides is 3. The van der Waals surface area contributed by atoms with Crippen LogP contribution in [0.2, 0.25) is 0 Å². The zero-order valence-corrected chi connectivity index (χ0v) is 24.7. The molecule has 4 N–H and O–H groups in total. The summed E-state index contributed by atoms with van der Waals surface area (Å²) in [5.41, 5.74) is 5.36. The van der Waals surface area contributed by atoms with Crippen molar-refractivity contribution < 1.29 is 23.9 Å². The minimum Gasteiger partial charge on any atom is -0.379 e. The fraction of sp³-hybridized carbons (Fsp3) is 0.903. The van der Waals surface area contributed by atoms with Crippen LogP contribution in [0.25, 0.3) is 0 Å². The molecule has 2 fully saturated rings. The Morgan fingerprint density at radius 1 is 0.615 bits per heavy atom. The third kappa shape index (κ3) is 15.6. The molecule has 0 aliphatic heterocycles.